The SMILES string of the molecule is CCCCCCCCC(=O)OC[C@@H](C)[C@@]1(O)[C@@H](O[C@@H]2OC[C@H](O)[C@H](O[C@@H]3CC[C@@H](O)[C@H](O)[C@H]3OC(=O)c3ccc(OC)cc3)[C@H]2OC(C)=O)CC2C3CC=C4C[C@@H](O)CC[C@]4(C)C3CC[C@@]21C. The van der Waals surface area contributed by atoms with Gasteiger partial charge in [-0.2, -0.15) is 0 Å². The summed E-state index contributed by atoms with van der Waals surface area (Å²) in [5.41, 5.74) is -0.828. The number of rotatable bonds is 18. The Hall–Kier alpha value is -3.15. The van der Waals surface area contributed by atoms with Crippen molar-refractivity contribution in [3.8, 4) is 5.75 Å². The Kier molecular flexibility index (Phi) is 16.9. The van der Waals surface area contributed by atoms with Crippen LogP contribution in [0.4, 0.5) is 0 Å². The number of hydrogen-bond acceptors (Lipinski definition) is 15. The van der Waals surface area contributed by atoms with E-state index >= 15 is 0 Å². The van der Waals surface area contributed by atoms with E-state index < -0.39 is 84.0 Å². The molecule has 5 aliphatic carbocycles. The van der Waals surface area contributed by atoms with Crippen molar-refractivity contribution >= 4 is 17.9 Å². The standard InChI is InChI=1S/C52H78O15/c1-7-8-9-10-11-12-13-43(57)62-28-30(2)52(60)42(27-38-36-19-16-33-26-34(54)22-24-50(33,4)37(36)23-25-51(38,52)5)66-49-47(64-31(3)53)45(40(56)29-63-49)65-41-21-20-39(55)44(58)46(41)67-48(59)32-14-17-35(61-6)18-15-32/h14-18,30,34,36-42,44-47,49,54-56,58,60H,7-13,19-29H2,1-6H3/t30-,34+,36?,37?,38?,39-,40+,41-,42+,44+,45+,46+,47-,49+,50+,51+,52-/m1/s1. The first-order valence-corrected chi connectivity index (χ1v) is 25.2. The molecule has 0 radical (unpaired) electrons. The zero-order valence-corrected chi connectivity index (χ0v) is 40.5. The maximum atomic E-state index is 13.6. The number of aliphatic hydroxyl groups excluding tert-OH is 4. The Balaban J connectivity index is 1.14. The quantitative estimate of drug-likeness (QED) is 0.0485. The lowest BCUT2D eigenvalue weighted by Crippen LogP contribution is -2.63. The van der Waals surface area contributed by atoms with Crippen LogP contribution in [-0.4, -0.2) is 131 Å². The van der Waals surface area contributed by atoms with Crippen molar-refractivity contribution < 1.29 is 73.1 Å². The Morgan fingerprint density at radius 3 is 2.30 bits per heavy atom. The van der Waals surface area contributed by atoms with Gasteiger partial charge in [-0.15, -0.1) is 0 Å². The highest BCUT2D eigenvalue weighted by molar-refractivity contribution is 5.89. The van der Waals surface area contributed by atoms with Crippen LogP contribution in [0.15, 0.2) is 35.9 Å². The largest absolute Gasteiger partial charge is 0.497 e. The molecule has 67 heavy (non-hydrogen) atoms. The monoisotopic (exact) mass is 943 g/mol. The highest BCUT2D eigenvalue weighted by atomic mass is 16.7. The summed E-state index contributed by atoms with van der Waals surface area (Å²) in [4.78, 5) is 39.5. The van der Waals surface area contributed by atoms with E-state index in [1.165, 1.54) is 38.2 Å². The first-order chi connectivity index (χ1) is 31.9. The molecule has 1 aromatic carbocycles. The number of allylic oxidation sites excluding steroid dienone is 1. The van der Waals surface area contributed by atoms with Crippen LogP contribution in [0.3, 0.4) is 0 Å². The summed E-state index contributed by atoms with van der Waals surface area (Å²) in [7, 11) is 1.50. The number of esters is 3. The van der Waals surface area contributed by atoms with E-state index in [1.54, 1.807) is 12.1 Å². The average Bonchev–Trinajstić information content (AvgIpc) is 3.54. The van der Waals surface area contributed by atoms with E-state index in [2.05, 4.69) is 26.8 Å². The maximum Gasteiger partial charge on any atom is 0.338 e. The topological polar surface area (TPSA) is 217 Å². The van der Waals surface area contributed by atoms with E-state index in [-0.39, 0.29) is 60.9 Å². The Morgan fingerprint density at radius 2 is 1.58 bits per heavy atom. The Bertz CT molecular complexity index is 1870. The molecule has 5 N–H and O–H groups in total. The number of fused-ring (bicyclic) bond motifs is 5. The van der Waals surface area contributed by atoms with E-state index in [0.717, 1.165) is 57.8 Å². The first kappa shape index (κ1) is 51.7. The van der Waals surface area contributed by atoms with Gasteiger partial charge in [0.15, 0.2) is 18.5 Å². The summed E-state index contributed by atoms with van der Waals surface area (Å²) in [6.07, 6.45) is 2.32. The average molecular weight is 943 g/mol. The van der Waals surface area contributed by atoms with Crippen molar-refractivity contribution in [3.63, 3.8) is 0 Å². The lowest BCUT2D eigenvalue weighted by molar-refractivity contribution is -0.321. The van der Waals surface area contributed by atoms with Crippen molar-refractivity contribution in [2.75, 3.05) is 20.3 Å². The zero-order valence-electron chi connectivity index (χ0n) is 40.5. The van der Waals surface area contributed by atoms with Crippen LogP contribution in [-0.2, 0) is 38.0 Å². The molecule has 4 saturated carbocycles. The number of ether oxygens (including phenoxy) is 7. The summed E-state index contributed by atoms with van der Waals surface area (Å²) >= 11 is 0. The van der Waals surface area contributed by atoms with Crippen molar-refractivity contribution in [2.45, 2.75) is 204 Å². The number of unbranched alkanes of at least 4 members (excludes halogenated alkanes) is 5. The van der Waals surface area contributed by atoms with E-state index in [0.29, 0.717) is 37.4 Å². The molecule has 15 heteroatoms. The minimum atomic E-state index is -1.56. The highest BCUT2D eigenvalue weighted by Gasteiger charge is 2.70. The van der Waals surface area contributed by atoms with Crippen LogP contribution < -0.4 is 4.74 Å². The van der Waals surface area contributed by atoms with E-state index in [9.17, 15) is 39.9 Å². The molecule has 0 aromatic heterocycles. The zero-order chi connectivity index (χ0) is 48.3. The molecule has 1 aromatic rings. The smallest absolute Gasteiger partial charge is 0.338 e. The highest BCUT2D eigenvalue weighted by Crippen LogP contribution is 2.69. The van der Waals surface area contributed by atoms with Gasteiger partial charge >= 0.3 is 17.9 Å². The number of hydrogen-bond donors (Lipinski definition) is 5. The number of carbonyl (C=O) groups excluding carboxylic acids is 3. The van der Waals surface area contributed by atoms with Crippen molar-refractivity contribution in [3.05, 3.63) is 41.5 Å². The van der Waals surface area contributed by atoms with Gasteiger partial charge in [-0.25, -0.2) is 4.79 Å². The van der Waals surface area contributed by atoms with Gasteiger partial charge in [0, 0.05) is 24.7 Å². The Morgan fingerprint density at radius 1 is 0.851 bits per heavy atom. The fourth-order valence-corrected chi connectivity index (χ4v) is 13.2. The van der Waals surface area contributed by atoms with Crippen LogP contribution in [0.25, 0.3) is 0 Å². The molecule has 7 rings (SSSR count). The third kappa shape index (κ3) is 10.6. The molecule has 6 aliphatic rings. The van der Waals surface area contributed by atoms with Gasteiger partial charge in [-0.05, 0) is 112 Å². The van der Waals surface area contributed by atoms with E-state index in [1.807, 2.05) is 6.92 Å². The van der Waals surface area contributed by atoms with Gasteiger partial charge in [-0.1, -0.05) is 71.4 Å². The molecule has 5 fully saturated rings. The number of carbonyl (C=O) groups is 3. The molecule has 0 amide bonds. The molecule has 1 heterocycles. The van der Waals surface area contributed by atoms with Crippen LogP contribution in [0.5, 0.6) is 5.75 Å². The third-order valence-electron chi connectivity index (χ3n) is 17.1. The molecular formula is C52H78O15. The summed E-state index contributed by atoms with van der Waals surface area (Å²) in [6, 6.07) is 6.20. The lowest BCUT2D eigenvalue weighted by Gasteiger charge is -2.59. The lowest BCUT2D eigenvalue weighted by atomic mass is 9.46. The van der Waals surface area contributed by atoms with Gasteiger partial charge in [0.05, 0.1) is 50.3 Å². The number of methoxy groups -OCH3 is 1. The van der Waals surface area contributed by atoms with Gasteiger partial charge in [0.2, 0.25) is 0 Å². The minimum absolute atomic E-state index is 0.0197. The third-order valence-corrected chi connectivity index (χ3v) is 17.1. The second-order valence-corrected chi connectivity index (χ2v) is 21.1. The fraction of sp³-hybridized carbons (Fsp3) is 0.788. The predicted molar refractivity (Wildman–Crippen MR) is 244 cm³/mol. The van der Waals surface area contributed by atoms with Gasteiger partial charge in [-0.3, -0.25) is 9.59 Å². The molecule has 0 bridgehead atoms. The normalized spacial score (nSPS) is 39.7. The number of aliphatic hydroxyl groups is 5. The molecule has 3 unspecified atom stereocenters. The number of benzene rings is 1. The molecule has 1 saturated heterocycles. The van der Waals surface area contributed by atoms with E-state index in [4.69, 9.17) is 33.2 Å². The predicted octanol–water partition coefficient (Wildman–Crippen LogP) is 6.12. The summed E-state index contributed by atoms with van der Waals surface area (Å²) in [6.45, 7) is 9.42. The first-order valence-electron chi connectivity index (χ1n) is 25.2. The maximum absolute atomic E-state index is 13.6. The molecule has 15 nitrogen and oxygen atoms in total. The van der Waals surface area contributed by atoms with Gasteiger partial charge in [0.1, 0.15) is 29.7 Å². The second kappa shape index (κ2) is 21.9. The molecule has 0 spiro atoms. The second-order valence-electron chi connectivity index (χ2n) is 21.1. The van der Waals surface area contributed by atoms with Crippen LogP contribution in [0, 0.1) is 34.5 Å². The molecule has 376 valence electrons. The summed E-state index contributed by atoms with van der Waals surface area (Å²) in [5.74, 6) is -1.35. The van der Waals surface area contributed by atoms with Crippen LogP contribution in [0.1, 0.15) is 148 Å². The summed E-state index contributed by atoms with van der Waals surface area (Å²) in [5, 5.41) is 57.7. The van der Waals surface area contributed by atoms with Gasteiger partial charge < -0.3 is 58.7 Å². The Labute approximate surface area is 396 Å². The van der Waals surface area contributed by atoms with Crippen molar-refractivity contribution in [1.29, 1.82) is 0 Å². The molecule has 1 aliphatic heterocycles. The van der Waals surface area contributed by atoms with Gasteiger partial charge in [0.25, 0.3) is 0 Å². The molecular weight excluding hydrogens is 865 g/mol. The fourth-order valence-electron chi connectivity index (χ4n) is 13.2. The van der Waals surface area contributed by atoms with Crippen LogP contribution in [0.2, 0.25) is 0 Å². The van der Waals surface area contributed by atoms with Crippen LogP contribution >= 0.6 is 0 Å². The van der Waals surface area contributed by atoms with Crippen molar-refractivity contribution in [1.82, 2.24) is 0 Å². The minimum Gasteiger partial charge on any atom is -0.497 e. The van der Waals surface area contributed by atoms with Crippen molar-refractivity contribution in [2.24, 2.45) is 34.5 Å². The summed E-state index contributed by atoms with van der Waals surface area (Å²) < 4.78 is 42.5. The molecule has 17 atom stereocenters.